The molecule has 3 unspecified atom stereocenters. The average Bonchev–Trinajstić information content (AvgIpc) is 2.98. The maximum atomic E-state index is 5.73. The minimum Gasteiger partial charge on any atom is -0.328 e. The van der Waals surface area contributed by atoms with Gasteiger partial charge >= 0.3 is 0 Å². The van der Waals surface area contributed by atoms with Gasteiger partial charge in [0.25, 0.3) is 0 Å². The molecule has 0 heterocycles. The van der Waals surface area contributed by atoms with Crippen molar-refractivity contribution in [1.82, 2.24) is 0 Å². The molecule has 0 bridgehead atoms. The third-order valence-electron chi connectivity index (χ3n) is 2.86. The van der Waals surface area contributed by atoms with Crippen LogP contribution in [-0.4, -0.2) is 17.0 Å². The van der Waals surface area contributed by atoms with Gasteiger partial charge in [0.2, 0.25) is 0 Å². The van der Waals surface area contributed by atoms with Crippen LogP contribution in [0.5, 0.6) is 0 Å². The first-order valence-corrected chi connectivity index (χ1v) is 6.74. The third kappa shape index (κ3) is 3.25. The van der Waals surface area contributed by atoms with Gasteiger partial charge in [-0.2, -0.15) is 11.8 Å². The third-order valence-corrected chi connectivity index (χ3v) is 4.29. The quantitative estimate of drug-likeness (QED) is 0.827. The number of hydrogen-bond acceptors (Lipinski definition) is 2. The predicted octanol–water partition coefficient (Wildman–Crippen LogP) is 3.01. The van der Waals surface area contributed by atoms with Crippen LogP contribution in [0.3, 0.4) is 0 Å². The van der Waals surface area contributed by atoms with Crippen molar-refractivity contribution in [3.05, 3.63) is 35.9 Å². The molecule has 0 spiro atoms. The summed E-state index contributed by atoms with van der Waals surface area (Å²) < 4.78 is 0. The Hall–Kier alpha value is -0.470. The molecular formula is C13H19NS. The van der Waals surface area contributed by atoms with Gasteiger partial charge in [-0.1, -0.05) is 30.3 Å². The normalized spacial score (nSPS) is 26.3. The van der Waals surface area contributed by atoms with Crippen LogP contribution < -0.4 is 5.73 Å². The molecule has 2 heteroatoms. The summed E-state index contributed by atoms with van der Waals surface area (Å²) in [7, 11) is 0. The molecule has 1 aliphatic carbocycles. The molecule has 0 radical (unpaired) electrons. The first kappa shape index (κ1) is 11.0. The van der Waals surface area contributed by atoms with E-state index in [0.717, 1.165) is 17.6 Å². The summed E-state index contributed by atoms with van der Waals surface area (Å²) in [6, 6.07) is 11.2. The highest BCUT2D eigenvalue weighted by Gasteiger charge is 2.38. The second kappa shape index (κ2) is 5.04. The second-order valence-corrected chi connectivity index (χ2v) is 5.78. The lowest BCUT2D eigenvalue weighted by molar-refractivity contribution is 0.721. The van der Waals surface area contributed by atoms with Crippen molar-refractivity contribution in [2.75, 3.05) is 5.75 Å². The summed E-state index contributed by atoms with van der Waals surface area (Å²) >= 11 is 2.09. The molecule has 0 aliphatic heterocycles. The maximum absolute atomic E-state index is 5.73. The Morgan fingerprint density at radius 1 is 1.40 bits per heavy atom. The zero-order chi connectivity index (χ0) is 10.7. The van der Waals surface area contributed by atoms with E-state index in [9.17, 15) is 0 Å². The zero-order valence-corrected chi connectivity index (χ0v) is 10.0. The van der Waals surface area contributed by atoms with Crippen molar-refractivity contribution in [3.8, 4) is 0 Å². The Labute approximate surface area is 96.4 Å². The van der Waals surface area contributed by atoms with Crippen molar-refractivity contribution < 1.29 is 0 Å². The van der Waals surface area contributed by atoms with Crippen molar-refractivity contribution in [2.45, 2.75) is 37.0 Å². The molecule has 1 fully saturated rings. The predicted molar refractivity (Wildman–Crippen MR) is 68.3 cm³/mol. The largest absolute Gasteiger partial charge is 0.328 e. The first-order valence-electron chi connectivity index (χ1n) is 5.69. The second-order valence-electron chi connectivity index (χ2n) is 4.43. The van der Waals surface area contributed by atoms with Gasteiger partial charge in [-0.05, 0) is 37.0 Å². The van der Waals surface area contributed by atoms with Crippen LogP contribution >= 0.6 is 11.8 Å². The molecular weight excluding hydrogens is 202 g/mol. The van der Waals surface area contributed by atoms with Crippen LogP contribution in [0.25, 0.3) is 0 Å². The summed E-state index contributed by atoms with van der Waals surface area (Å²) in [5.41, 5.74) is 7.24. The lowest BCUT2D eigenvalue weighted by Crippen LogP contribution is -2.15. The molecule has 1 aliphatic rings. The van der Waals surface area contributed by atoms with Crippen molar-refractivity contribution in [2.24, 2.45) is 5.73 Å². The highest BCUT2D eigenvalue weighted by atomic mass is 32.2. The lowest BCUT2D eigenvalue weighted by atomic mass is 10.1. The van der Waals surface area contributed by atoms with Crippen LogP contribution in [-0.2, 0) is 0 Å². The highest BCUT2D eigenvalue weighted by Crippen LogP contribution is 2.49. The van der Waals surface area contributed by atoms with E-state index in [0.29, 0.717) is 6.04 Å². The van der Waals surface area contributed by atoms with Crippen LogP contribution in [0.15, 0.2) is 30.3 Å². The summed E-state index contributed by atoms with van der Waals surface area (Å²) in [6.45, 7) is 2.09. The fourth-order valence-electron chi connectivity index (χ4n) is 1.81. The molecule has 0 aromatic heterocycles. The van der Waals surface area contributed by atoms with Gasteiger partial charge in [0.1, 0.15) is 0 Å². The summed E-state index contributed by atoms with van der Waals surface area (Å²) in [5.74, 6) is 2.02. The van der Waals surface area contributed by atoms with E-state index in [1.165, 1.54) is 17.7 Å². The Morgan fingerprint density at radius 3 is 2.80 bits per heavy atom. The van der Waals surface area contributed by atoms with E-state index in [1.54, 1.807) is 0 Å². The SMILES string of the molecule is CC(N)CCSC1CC1c1ccccc1. The molecule has 1 saturated carbocycles. The zero-order valence-electron chi connectivity index (χ0n) is 9.23. The van der Waals surface area contributed by atoms with Gasteiger partial charge in [-0.3, -0.25) is 0 Å². The van der Waals surface area contributed by atoms with Gasteiger partial charge in [-0.25, -0.2) is 0 Å². The number of hydrogen-bond donors (Lipinski definition) is 1. The summed E-state index contributed by atoms with van der Waals surface area (Å²) in [5, 5.41) is 0.853. The topological polar surface area (TPSA) is 26.0 Å². The minimum atomic E-state index is 0.353. The molecule has 15 heavy (non-hydrogen) atoms. The first-order chi connectivity index (χ1) is 7.27. The summed E-state index contributed by atoms with van der Waals surface area (Å²) in [4.78, 5) is 0. The fourth-order valence-corrected chi connectivity index (χ4v) is 3.36. The van der Waals surface area contributed by atoms with Crippen LogP contribution in [0, 0.1) is 0 Å². The Balaban J connectivity index is 1.72. The molecule has 0 amide bonds. The Morgan fingerprint density at radius 2 is 2.13 bits per heavy atom. The average molecular weight is 221 g/mol. The molecule has 1 nitrogen and oxygen atoms in total. The Bertz CT molecular complexity index is 297. The molecule has 1 aromatic carbocycles. The molecule has 0 saturated heterocycles. The van der Waals surface area contributed by atoms with Gasteiger partial charge in [0.05, 0.1) is 0 Å². The van der Waals surface area contributed by atoms with Crippen molar-refractivity contribution in [3.63, 3.8) is 0 Å². The minimum absolute atomic E-state index is 0.353. The monoisotopic (exact) mass is 221 g/mol. The Kier molecular flexibility index (Phi) is 3.71. The van der Waals surface area contributed by atoms with Gasteiger partial charge in [0.15, 0.2) is 0 Å². The molecule has 3 atom stereocenters. The fraction of sp³-hybridized carbons (Fsp3) is 0.538. The van der Waals surface area contributed by atoms with E-state index in [-0.39, 0.29) is 0 Å². The maximum Gasteiger partial charge on any atom is 0.0122 e. The number of benzene rings is 1. The van der Waals surface area contributed by atoms with E-state index in [2.05, 4.69) is 49.0 Å². The standard InChI is InChI=1S/C13H19NS/c1-10(14)7-8-15-13-9-12(13)11-5-3-2-4-6-11/h2-6,10,12-13H,7-9,14H2,1H3. The van der Waals surface area contributed by atoms with E-state index >= 15 is 0 Å². The lowest BCUT2D eigenvalue weighted by Gasteiger charge is -2.04. The number of nitrogens with two attached hydrogens (primary N) is 1. The van der Waals surface area contributed by atoms with Gasteiger partial charge < -0.3 is 5.73 Å². The van der Waals surface area contributed by atoms with Crippen LogP contribution in [0.1, 0.15) is 31.2 Å². The van der Waals surface area contributed by atoms with Gasteiger partial charge in [0, 0.05) is 11.3 Å². The van der Waals surface area contributed by atoms with E-state index < -0.39 is 0 Å². The molecule has 2 N–H and O–H groups in total. The van der Waals surface area contributed by atoms with Gasteiger partial charge in [-0.15, -0.1) is 0 Å². The molecule has 2 rings (SSSR count). The number of rotatable bonds is 5. The summed E-state index contributed by atoms with van der Waals surface area (Å²) in [6.07, 6.45) is 2.50. The van der Waals surface area contributed by atoms with Crippen molar-refractivity contribution >= 4 is 11.8 Å². The van der Waals surface area contributed by atoms with Crippen LogP contribution in [0.2, 0.25) is 0 Å². The van der Waals surface area contributed by atoms with Crippen LogP contribution in [0.4, 0.5) is 0 Å². The van der Waals surface area contributed by atoms with Crippen molar-refractivity contribution in [1.29, 1.82) is 0 Å². The van der Waals surface area contributed by atoms with E-state index in [1.807, 2.05) is 0 Å². The molecule has 82 valence electrons. The smallest absolute Gasteiger partial charge is 0.0122 e. The highest BCUT2D eigenvalue weighted by molar-refractivity contribution is 8.00. The molecule has 1 aromatic rings. The number of thioether (sulfide) groups is 1. The van der Waals surface area contributed by atoms with E-state index in [4.69, 9.17) is 5.73 Å².